The number of nitrogens with one attached hydrogen (secondary N) is 2. The first-order valence-electron chi connectivity index (χ1n) is 8.31. The molecule has 2 heterocycles. The average Bonchev–Trinajstić information content (AvgIpc) is 2.63. The number of carbonyl (C=O) groups excluding carboxylic acids is 3. The Kier molecular flexibility index (Phi) is 5.24. The van der Waals surface area contributed by atoms with Crippen LogP contribution in [0.25, 0.3) is 0 Å². The Morgan fingerprint density at radius 1 is 1.36 bits per heavy atom. The minimum atomic E-state index is -0.546. The molecule has 25 heavy (non-hydrogen) atoms. The van der Waals surface area contributed by atoms with Crippen molar-refractivity contribution in [2.24, 2.45) is 0 Å². The Hall–Kier alpha value is -2.12. The van der Waals surface area contributed by atoms with Crippen molar-refractivity contribution in [2.45, 2.75) is 25.6 Å². The van der Waals surface area contributed by atoms with Crippen LogP contribution in [0, 0.1) is 0 Å². The maximum absolute atomic E-state index is 12.5. The molecular formula is C17H21ClN4O3. The number of amides is 3. The highest BCUT2D eigenvalue weighted by Crippen LogP contribution is 2.17. The Labute approximate surface area is 151 Å². The van der Waals surface area contributed by atoms with Crippen molar-refractivity contribution in [1.82, 2.24) is 20.4 Å². The summed E-state index contributed by atoms with van der Waals surface area (Å²) < 4.78 is 0. The molecule has 2 unspecified atom stereocenters. The molecule has 0 saturated carbocycles. The van der Waals surface area contributed by atoms with Gasteiger partial charge in [0.2, 0.25) is 5.91 Å². The fraction of sp³-hybridized carbons (Fsp3) is 0.471. The molecule has 2 atom stereocenters. The highest BCUT2D eigenvalue weighted by Gasteiger charge is 2.39. The van der Waals surface area contributed by atoms with Crippen molar-refractivity contribution < 1.29 is 14.4 Å². The van der Waals surface area contributed by atoms with Gasteiger partial charge < -0.3 is 15.5 Å². The zero-order chi connectivity index (χ0) is 18.0. The van der Waals surface area contributed by atoms with Crippen LogP contribution in [0.4, 0.5) is 0 Å². The maximum atomic E-state index is 12.5. The van der Waals surface area contributed by atoms with E-state index >= 15 is 0 Å². The van der Waals surface area contributed by atoms with Crippen molar-refractivity contribution in [3.05, 3.63) is 34.9 Å². The van der Waals surface area contributed by atoms with E-state index in [4.69, 9.17) is 11.6 Å². The summed E-state index contributed by atoms with van der Waals surface area (Å²) in [6, 6.07) is 6.99. The van der Waals surface area contributed by atoms with Crippen molar-refractivity contribution in [2.75, 3.05) is 26.2 Å². The van der Waals surface area contributed by atoms with E-state index in [9.17, 15) is 14.4 Å². The molecule has 2 saturated heterocycles. The standard InChI is InChI=1S/C17H21ClN4O3/c1-11(15(23)19-8-12-4-2-3-5-14(12)18)21-6-7-22-13(10-21)9-20-16(24)17(22)25/h2-5,11,13H,6-10H2,1H3,(H,19,23)(H,20,24). The predicted molar refractivity (Wildman–Crippen MR) is 92.8 cm³/mol. The van der Waals surface area contributed by atoms with Crippen LogP contribution in [0.15, 0.2) is 24.3 Å². The van der Waals surface area contributed by atoms with Crippen molar-refractivity contribution >= 4 is 29.3 Å². The SMILES string of the molecule is CC(C(=O)NCc1ccccc1Cl)N1CCN2C(=O)C(=O)NCC2C1. The highest BCUT2D eigenvalue weighted by atomic mass is 35.5. The number of hydrogen-bond acceptors (Lipinski definition) is 4. The first kappa shape index (κ1) is 17.7. The number of fused-ring (bicyclic) bond motifs is 1. The van der Waals surface area contributed by atoms with E-state index in [1.165, 1.54) is 0 Å². The van der Waals surface area contributed by atoms with Gasteiger partial charge in [0, 0.05) is 37.7 Å². The molecule has 0 radical (unpaired) electrons. The Morgan fingerprint density at radius 2 is 2.12 bits per heavy atom. The minimum Gasteiger partial charge on any atom is -0.351 e. The summed E-state index contributed by atoms with van der Waals surface area (Å²) in [7, 11) is 0. The first-order valence-corrected chi connectivity index (χ1v) is 8.69. The summed E-state index contributed by atoms with van der Waals surface area (Å²) in [4.78, 5) is 39.4. The molecular weight excluding hydrogens is 344 g/mol. The molecule has 8 heteroatoms. The molecule has 2 N–H and O–H groups in total. The zero-order valence-electron chi connectivity index (χ0n) is 14.0. The number of piperazine rings is 2. The summed E-state index contributed by atoms with van der Waals surface area (Å²) in [6.07, 6.45) is 0. The predicted octanol–water partition coefficient (Wildman–Crippen LogP) is -0.0127. The van der Waals surface area contributed by atoms with Gasteiger partial charge in [0.1, 0.15) is 0 Å². The number of halogens is 1. The van der Waals surface area contributed by atoms with Crippen LogP contribution in [0.2, 0.25) is 5.02 Å². The minimum absolute atomic E-state index is 0.0838. The lowest BCUT2D eigenvalue weighted by atomic mass is 10.1. The van der Waals surface area contributed by atoms with Crippen LogP contribution in [0.5, 0.6) is 0 Å². The van der Waals surface area contributed by atoms with Gasteiger partial charge in [-0.05, 0) is 18.6 Å². The van der Waals surface area contributed by atoms with Gasteiger partial charge in [-0.3, -0.25) is 19.3 Å². The van der Waals surface area contributed by atoms with Gasteiger partial charge in [-0.15, -0.1) is 0 Å². The van der Waals surface area contributed by atoms with Crippen LogP contribution in [-0.4, -0.2) is 65.8 Å². The van der Waals surface area contributed by atoms with Crippen LogP contribution < -0.4 is 10.6 Å². The smallest absolute Gasteiger partial charge is 0.312 e. The molecule has 1 aromatic rings. The number of rotatable bonds is 4. The first-order chi connectivity index (χ1) is 12.0. The van der Waals surface area contributed by atoms with Gasteiger partial charge in [-0.1, -0.05) is 29.8 Å². The van der Waals surface area contributed by atoms with Crippen LogP contribution >= 0.6 is 11.6 Å². The van der Waals surface area contributed by atoms with Crippen molar-refractivity contribution in [3.63, 3.8) is 0 Å². The second kappa shape index (κ2) is 7.41. The lowest BCUT2D eigenvalue weighted by Gasteiger charge is -2.44. The second-order valence-corrected chi connectivity index (χ2v) is 6.75. The van der Waals surface area contributed by atoms with E-state index < -0.39 is 11.8 Å². The fourth-order valence-corrected chi connectivity index (χ4v) is 3.43. The third-order valence-corrected chi connectivity index (χ3v) is 5.17. The Morgan fingerprint density at radius 3 is 2.88 bits per heavy atom. The summed E-state index contributed by atoms with van der Waals surface area (Å²) in [6.45, 7) is 4.23. The summed E-state index contributed by atoms with van der Waals surface area (Å²) in [5.74, 6) is -1.11. The zero-order valence-corrected chi connectivity index (χ0v) is 14.8. The lowest BCUT2D eigenvalue weighted by molar-refractivity contribution is -0.153. The Bertz CT molecular complexity index is 696. The number of nitrogens with zero attached hydrogens (tertiary/aromatic N) is 2. The van der Waals surface area contributed by atoms with Gasteiger partial charge in [-0.2, -0.15) is 0 Å². The normalized spacial score (nSPS) is 22.2. The molecule has 0 spiro atoms. The molecule has 2 fully saturated rings. The molecule has 2 aliphatic heterocycles. The van der Waals surface area contributed by atoms with E-state index in [0.717, 1.165) is 5.56 Å². The fourth-order valence-electron chi connectivity index (χ4n) is 3.23. The van der Waals surface area contributed by atoms with Crippen molar-refractivity contribution in [3.8, 4) is 0 Å². The van der Waals surface area contributed by atoms with Gasteiger partial charge >= 0.3 is 11.8 Å². The average molecular weight is 365 g/mol. The van der Waals surface area contributed by atoms with Crippen LogP contribution in [-0.2, 0) is 20.9 Å². The third kappa shape index (κ3) is 3.77. The molecule has 0 aromatic heterocycles. The molecule has 3 rings (SSSR count). The second-order valence-electron chi connectivity index (χ2n) is 6.34. The molecule has 1 aromatic carbocycles. The van der Waals surface area contributed by atoms with Gasteiger partial charge in [0.25, 0.3) is 0 Å². The number of carbonyl (C=O) groups is 3. The quantitative estimate of drug-likeness (QED) is 0.736. The molecule has 134 valence electrons. The highest BCUT2D eigenvalue weighted by molar-refractivity contribution is 6.35. The summed E-state index contributed by atoms with van der Waals surface area (Å²) >= 11 is 6.10. The monoisotopic (exact) mass is 364 g/mol. The third-order valence-electron chi connectivity index (χ3n) is 4.81. The lowest BCUT2D eigenvalue weighted by Crippen LogP contribution is -2.67. The van der Waals surface area contributed by atoms with Gasteiger partial charge in [-0.25, -0.2) is 0 Å². The van der Waals surface area contributed by atoms with E-state index in [2.05, 4.69) is 10.6 Å². The maximum Gasteiger partial charge on any atom is 0.312 e. The molecule has 3 amide bonds. The number of hydrogen-bond donors (Lipinski definition) is 2. The van der Waals surface area contributed by atoms with E-state index in [1.54, 1.807) is 11.0 Å². The van der Waals surface area contributed by atoms with E-state index in [0.29, 0.717) is 37.7 Å². The summed E-state index contributed by atoms with van der Waals surface area (Å²) in [5, 5.41) is 6.14. The van der Waals surface area contributed by atoms with Crippen LogP contribution in [0.3, 0.4) is 0 Å². The van der Waals surface area contributed by atoms with E-state index in [1.807, 2.05) is 30.0 Å². The number of benzene rings is 1. The summed E-state index contributed by atoms with van der Waals surface area (Å²) in [5.41, 5.74) is 0.870. The molecule has 0 aliphatic carbocycles. The molecule has 0 bridgehead atoms. The van der Waals surface area contributed by atoms with Gasteiger partial charge in [0.15, 0.2) is 0 Å². The Balaban J connectivity index is 1.55. The van der Waals surface area contributed by atoms with Gasteiger partial charge in [0.05, 0.1) is 12.1 Å². The molecule has 7 nitrogen and oxygen atoms in total. The topological polar surface area (TPSA) is 81.8 Å². The molecule has 2 aliphatic rings. The van der Waals surface area contributed by atoms with E-state index in [-0.39, 0.29) is 18.0 Å². The van der Waals surface area contributed by atoms with Crippen LogP contribution in [0.1, 0.15) is 12.5 Å². The van der Waals surface area contributed by atoms with Crippen molar-refractivity contribution in [1.29, 1.82) is 0 Å². The largest absolute Gasteiger partial charge is 0.351 e.